The molecule has 1 aliphatic heterocycles. The molecular formula is C14H22ClN3O3S. The first kappa shape index (κ1) is 18.9. The number of halogens is 1. The number of sulfonamides is 1. The fraction of sp³-hybridized carbons (Fsp3) is 0.500. The maximum Gasteiger partial charge on any atom is 0.243 e. The molecule has 0 aromatic heterocycles. The molecule has 1 aromatic rings. The molecule has 6 nitrogen and oxygen atoms in total. The summed E-state index contributed by atoms with van der Waals surface area (Å²) in [4.78, 5) is 11.2. The quantitative estimate of drug-likeness (QED) is 0.844. The van der Waals surface area contributed by atoms with E-state index < -0.39 is 10.0 Å². The van der Waals surface area contributed by atoms with Gasteiger partial charge >= 0.3 is 0 Å². The molecule has 1 aromatic carbocycles. The van der Waals surface area contributed by atoms with Gasteiger partial charge in [0.05, 0.1) is 4.90 Å². The largest absolute Gasteiger partial charge is 0.326 e. The van der Waals surface area contributed by atoms with Crippen molar-refractivity contribution in [3.8, 4) is 0 Å². The summed E-state index contributed by atoms with van der Waals surface area (Å²) in [6.07, 6.45) is 1.76. The first-order valence-corrected chi connectivity index (χ1v) is 8.43. The van der Waals surface area contributed by atoms with Crippen molar-refractivity contribution in [3.05, 3.63) is 24.3 Å². The van der Waals surface area contributed by atoms with Gasteiger partial charge < -0.3 is 10.6 Å². The molecule has 1 unspecified atom stereocenters. The van der Waals surface area contributed by atoms with E-state index in [1.54, 1.807) is 16.4 Å². The maximum absolute atomic E-state index is 12.7. The van der Waals surface area contributed by atoms with E-state index in [4.69, 9.17) is 0 Å². The first-order valence-electron chi connectivity index (χ1n) is 6.99. The van der Waals surface area contributed by atoms with E-state index in [0.717, 1.165) is 12.8 Å². The maximum atomic E-state index is 12.7. The number of benzene rings is 1. The SMILES string of the molecule is CNCC1CCCN1S(=O)(=O)c1ccc(NC(C)=O)cc1.Cl. The summed E-state index contributed by atoms with van der Waals surface area (Å²) in [5, 5.41) is 5.66. The second-order valence-corrected chi connectivity index (χ2v) is 7.07. The molecule has 1 atom stereocenters. The summed E-state index contributed by atoms with van der Waals surface area (Å²) >= 11 is 0. The molecule has 0 spiro atoms. The van der Waals surface area contributed by atoms with Crippen LogP contribution in [0.3, 0.4) is 0 Å². The number of amides is 1. The van der Waals surface area contributed by atoms with Crippen LogP contribution in [0.1, 0.15) is 19.8 Å². The van der Waals surface area contributed by atoms with Crippen molar-refractivity contribution < 1.29 is 13.2 Å². The van der Waals surface area contributed by atoms with Crippen LogP contribution in [0.15, 0.2) is 29.2 Å². The highest BCUT2D eigenvalue weighted by Gasteiger charge is 2.34. The molecule has 2 N–H and O–H groups in total. The van der Waals surface area contributed by atoms with Gasteiger partial charge in [0, 0.05) is 31.7 Å². The van der Waals surface area contributed by atoms with Gasteiger partial charge in [-0.1, -0.05) is 0 Å². The van der Waals surface area contributed by atoms with E-state index in [9.17, 15) is 13.2 Å². The number of likely N-dealkylation sites (N-methyl/N-ethyl adjacent to an activating group) is 1. The van der Waals surface area contributed by atoms with E-state index >= 15 is 0 Å². The van der Waals surface area contributed by atoms with Gasteiger partial charge in [0.25, 0.3) is 0 Å². The normalized spacial score (nSPS) is 18.7. The predicted octanol–water partition coefficient (Wildman–Crippen LogP) is 1.44. The molecule has 0 aliphatic carbocycles. The van der Waals surface area contributed by atoms with Crippen molar-refractivity contribution >= 4 is 34.0 Å². The lowest BCUT2D eigenvalue weighted by Gasteiger charge is -2.24. The van der Waals surface area contributed by atoms with E-state index in [1.807, 2.05) is 7.05 Å². The summed E-state index contributed by atoms with van der Waals surface area (Å²) in [7, 11) is -1.65. The van der Waals surface area contributed by atoms with Crippen molar-refractivity contribution in [1.29, 1.82) is 0 Å². The van der Waals surface area contributed by atoms with Gasteiger partial charge in [0.1, 0.15) is 0 Å². The van der Waals surface area contributed by atoms with Crippen molar-refractivity contribution in [2.45, 2.75) is 30.7 Å². The van der Waals surface area contributed by atoms with Crippen LogP contribution in [0, 0.1) is 0 Å². The van der Waals surface area contributed by atoms with Gasteiger partial charge in [-0.15, -0.1) is 12.4 Å². The van der Waals surface area contributed by atoms with Crippen LogP contribution in [0.5, 0.6) is 0 Å². The number of hydrogen-bond acceptors (Lipinski definition) is 4. The monoisotopic (exact) mass is 347 g/mol. The zero-order valence-corrected chi connectivity index (χ0v) is 14.3. The summed E-state index contributed by atoms with van der Waals surface area (Å²) in [5.41, 5.74) is 0.592. The lowest BCUT2D eigenvalue weighted by Crippen LogP contribution is -2.40. The minimum absolute atomic E-state index is 0. The Bertz CT molecular complexity index is 604. The molecule has 22 heavy (non-hydrogen) atoms. The lowest BCUT2D eigenvalue weighted by atomic mass is 10.2. The summed E-state index contributed by atoms with van der Waals surface area (Å²) in [6.45, 7) is 2.63. The van der Waals surface area contributed by atoms with Crippen LogP contribution >= 0.6 is 12.4 Å². The molecule has 0 radical (unpaired) electrons. The average Bonchev–Trinajstić information content (AvgIpc) is 2.88. The number of rotatable bonds is 5. The van der Waals surface area contributed by atoms with Gasteiger partial charge in [-0.2, -0.15) is 4.31 Å². The summed E-state index contributed by atoms with van der Waals surface area (Å²) in [6, 6.07) is 6.30. The molecule has 1 amide bonds. The van der Waals surface area contributed by atoms with Crippen LogP contribution in [-0.2, 0) is 14.8 Å². The summed E-state index contributed by atoms with van der Waals surface area (Å²) < 4.78 is 26.9. The Kier molecular flexibility index (Phi) is 6.80. The predicted molar refractivity (Wildman–Crippen MR) is 88.8 cm³/mol. The molecule has 1 fully saturated rings. The Balaban J connectivity index is 0.00000242. The number of anilines is 1. The van der Waals surface area contributed by atoms with Crippen LogP contribution < -0.4 is 10.6 Å². The Morgan fingerprint density at radius 2 is 1.95 bits per heavy atom. The van der Waals surface area contributed by atoms with Gasteiger partial charge in [-0.05, 0) is 44.2 Å². The second-order valence-electron chi connectivity index (χ2n) is 5.18. The van der Waals surface area contributed by atoms with Crippen molar-refractivity contribution in [1.82, 2.24) is 9.62 Å². The van der Waals surface area contributed by atoms with E-state index in [2.05, 4.69) is 10.6 Å². The Labute approximate surface area is 137 Å². The zero-order valence-electron chi connectivity index (χ0n) is 12.7. The van der Waals surface area contributed by atoms with Crippen LogP contribution in [0.4, 0.5) is 5.69 Å². The number of nitrogens with one attached hydrogen (secondary N) is 2. The van der Waals surface area contributed by atoms with Gasteiger partial charge in [-0.25, -0.2) is 8.42 Å². The highest BCUT2D eigenvalue weighted by atomic mass is 35.5. The Morgan fingerprint density at radius 3 is 2.50 bits per heavy atom. The molecular weight excluding hydrogens is 326 g/mol. The number of carbonyl (C=O) groups is 1. The average molecular weight is 348 g/mol. The molecule has 8 heteroatoms. The van der Waals surface area contributed by atoms with Crippen LogP contribution in [0.25, 0.3) is 0 Å². The fourth-order valence-corrected chi connectivity index (χ4v) is 4.31. The Hall–Kier alpha value is -1.15. The van der Waals surface area contributed by atoms with Gasteiger partial charge in [-0.3, -0.25) is 4.79 Å². The second kappa shape index (κ2) is 7.92. The topological polar surface area (TPSA) is 78.5 Å². The minimum Gasteiger partial charge on any atom is -0.326 e. The van der Waals surface area contributed by atoms with Crippen LogP contribution in [-0.4, -0.2) is 44.8 Å². The third-order valence-corrected chi connectivity index (χ3v) is 5.51. The Morgan fingerprint density at radius 1 is 1.32 bits per heavy atom. The first-order chi connectivity index (χ1) is 9.95. The van der Waals surface area contributed by atoms with Crippen LogP contribution in [0.2, 0.25) is 0 Å². The third kappa shape index (κ3) is 4.19. The van der Waals surface area contributed by atoms with Crippen molar-refractivity contribution in [2.24, 2.45) is 0 Å². The molecule has 1 aliphatic rings. The molecule has 0 saturated carbocycles. The number of nitrogens with zero attached hydrogens (tertiary/aromatic N) is 1. The van der Waals surface area contributed by atoms with Crippen molar-refractivity contribution in [2.75, 3.05) is 25.5 Å². The number of hydrogen-bond donors (Lipinski definition) is 2. The summed E-state index contributed by atoms with van der Waals surface area (Å²) in [5.74, 6) is -0.181. The van der Waals surface area contributed by atoms with E-state index in [0.29, 0.717) is 18.8 Å². The zero-order chi connectivity index (χ0) is 15.5. The molecule has 2 rings (SSSR count). The minimum atomic E-state index is -3.47. The smallest absolute Gasteiger partial charge is 0.243 e. The van der Waals surface area contributed by atoms with Crippen molar-refractivity contribution in [3.63, 3.8) is 0 Å². The standard InChI is InChI=1S/C14H21N3O3S.ClH/c1-11(18)16-12-5-7-14(8-6-12)21(19,20)17-9-3-4-13(17)10-15-2;/h5-8,13,15H,3-4,9-10H2,1-2H3,(H,16,18);1H. The molecule has 1 heterocycles. The lowest BCUT2D eigenvalue weighted by molar-refractivity contribution is -0.114. The fourth-order valence-electron chi connectivity index (χ4n) is 2.61. The number of carbonyl (C=O) groups excluding carboxylic acids is 1. The molecule has 0 bridgehead atoms. The molecule has 1 saturated heterocycles. The van der Waals surface area contributed by atoms with E-state index in [1.165, 1.54) is 19.1 Å². The van der Waals surface area contributed by atoms with E-state index in [-0.39, 0.29) is 29.3 Å². The van der Waals surface area contributed by atoms with Gasteiger partial charge in [0.15, 0.2) is 0 Å². The highest BCUT2D eigenvalue weighted by Crippen LogP contribution is 2.26. The molecule has 124 valence electrons. The third-order valence-electron chi connectivity index (χ3n) is 3.54. The van der Waals surface area contributed by atoms with Gasteiger partial charge in [0.2, 0.25) is 15.9 Å². The highest BCUT2D eigenvalue weighted by molar-refractivity contribution is 7.89.